The van der Waals surface area contributed by atoms with Gasteiger partial charge in [-0.05, 0) is 54.3 Å². The van der Waals surface area contributed by atoms with Crippen molar-refractivity contribution in [3.8, 4) is 0 Å². The number of nitrogens with zero attached hydrogens (tertiary/aromatic N) is 2. The molecule has 0 saturated heterocycles. The summed E-state index contributed by atoms with van der Waals surface area (Å²) in [5.41, 5.74) is 1.44. The fraction of sp³-hybridized carbons (Fsp3) is 0.333. The van der Waals surface area contributed by atoms with Gasteiger partial charge in [-0.25, -0.2) is 12.8 Å². The molecule has 1 atom stereocenters. The number of carbonyl (C=O) groups is 2. The van der Waals surface area contributed by atoms with Crippen LogP contribution in [-0.4, -0.2) is 50.0 Å². The van der Waals surface area contributed by atoms with Crippen molar-refractivity contribution >= 4 is 50.7 Å². The van der Waals surface area contributed by atoms with Crippen LogP contribution in [0.25, 0.3) is 0 Å². The first-order valence-electron chi connectivity index (χ1n) is 13.3. The first-order chi connectivity index (χ1) is 19.5. The number of hydrogen-bond acceptors (Lipinski definition) is 4. The number of halogens is 3. The van der Waals surface area contributed by atoms with Crippen LogP contribution >= 0.6 is 23.2 Å². The van der Waals surface area contributed by atoms with Gasteiger partial charge in [0.1, 0.15) is 18.4 Å². The Labute approximate surface area is 250 Å². The zero-order valence-electron chi connectivity index (χ0n) is 22.6. The van der Waals surface area contributed by atoms with Crippen LogP contribution in [0, 0.1) is 5.82 Å². The molecule has 0 spiro atoms. The summed E-state index contributed by atoms with van der Waals surface area (Å²) in [6, 6.07) is 18.3. The van der Waals surface area contributed by atoms with E-state index < -0.39 is 34.3 Å². The standard InChI is InChI=1S/C30H32Cl2FN3O4S/c1-41(39,40)36(25-13-7-10-23(33)18-25)20-29(37)35(19-22-14-15-26(31)27(32)16-22)28(17-21-8-3-2-4-9-21)30(38)34-24-11-5-6-12-24/h2-4,7-10,13-16,18,24,28H,5-6,11-12,17,19-20H2,1H3,(H,34,38). The number of rotatable bonds is 11. The van der Waals surface area contributed by atoms with Gasteiger partial charge in [0.05, 0.1) is 22.0 Å². The molecule has 0 bridgehead atoms. The molecule has 11 heteroatoms. The van der Waals surface area contributed by atoms with Crippen molar-refractivity contribution in [3.05, 3.63) is 99.8 Å². The molecule has 1 saturated carbocycles. The van der Waals surface area contributed by atoms with Crippen LogP contribution in [0.5, 0.6) is 0 Å². The normalized spacial score (nSPS) is 14.4. The molecule has 218 valence electrons. The third-order valence-corrected chi connectivity index (χ3v) is 8.96. The number of anilines is 1. The molecule has 3 aromatic carbocycles. The van der Waals surface area contributed by atoms with Crippen molar-refractivity contribution in [2.75, 3.05) is 17.1 Å². The molecule has 2 amide bonds. The molecule has 41 heavy (non-hydrogen) atoms. The van der Waals surface area contributed by atoms with Gasteiger partial charge in [-0.3, -0.25) is 13.9 Å². The van der Waals surface area contributed by atoms with E-state index in [0.29, 0.717) is 10.6 Å². The molecule has 0 aliphatic heterocycles. The zero-order chi connectivity index (χ0) is 29.6. The summed E-state index contributed by atoms with van der Waals surface area (Å²) in [5, 5.41) is 3.72. The maximum atomic E-state index is 14.1. The van der Waals surface area contributed by atoms with Crippen LogP contribution in [0.2, 0.25) is 10.0 Å². The predicted octanol–water partition coefficient (Wildman–Crippen LogP) is 5.60. The smallest absolute Gasteiger partial charge is 0.244 e. The first-order valence-corrected chi connectivity index (χ1v) is 15.9. The van der Waals surface area contributed by atoms with Crippen LogP contribution in [0.3, 0.4) is 0 Å². The molecular weight excluding hydrogens is 588 g/mol. The van der Waals surface area contributed by atoms with Gasteiger partial charge in [0.25, 0.3) is 0 Å². The molecule has 1 fully saturated rings. The number of amides is 2. The van der Waals surface area contributed by atoms with Crippen LogP contribution in [0.1, 0.15) is 36.8 Å². The summed E-state index contributed by atoms with van der Waals surface area (Å²) in [5.74, 6) is -1.60. The van der Waals surface area contributed by atoms with Crippen LogP contribution in [-0.2, 0) is 32.6 Å². The molecule has 1 aliphatic carbocycles. The highest BCUT2D eigenvalue weighted by molar-refractivity contribution is 7.92. The minimum atomic E-state index is -3.99. The van der Waals surface area contributed by atoms with Crippen molar-refractivity contribution in [1.82, 2.24) is 10.2 Å². The average Bonchev–Trinajstić information content (AvgIpc) is 3.44. The quantitative estimate of drug-likeness (QED) is 0.303. The lowest BCUT2D eigenvalue weighted by Gasteiger charge is -2.34. The fourth-order valence-electron chi connectivity index (χ4n) is 5.00. The Bertz CT molecular complexity index is 1480. The number of nitrogens with one attached hydrogen (secondary N) is 1. The second kappa shape index (κ2) is 13.7. The van der Waals surface area contributed by atoms with Gasteiger partial charge in [0.2, 0.25) is 21.8 Å². The SMILES string of the molecule is CS(=O)(=O)N(CC(=O)N(Cc1ccc(Cl)c(Cl)c1)C(Cc1ccccc1)C(=O)NC1CCCC1)c1cccc(F)c1. The number of carbonyl (C=O) groups excluding carboxylic acids is 2. The second-order valence-electron chi connectivity index (χ2n) is 10.2. The summed E-state index contributed by atoms with van der Waals surface area (Å²) in [6.45, 7) is -0.669. The maximum absolute atomic E-state index is 14.1. The average molecular weight is 621 g/mol. The highest BCUT2D eigenvalue weighted by Gasteiger charge is 2.34. The third-order valence-electron chi connectivity index (χ3n) is 7.08. The highest BCUT2D eigenvalue weighted by Crippen LogP contribution is 2.26. The monoisotopic (exact) mass is 619 g/mol. The topological polar surface area (TPSA) is 86.8 Å². The molecule has 0 aromatic heterocycles. The van der Waals surface area contributed by atoms with E-state index in [1.165, 1.54) is 23.1 Å². The highest BCUT2D eigenvalue weighted by atomic mass is 35.5. The fourth-order valence-corrected chi connectivity index (χ4v) is 6.16. The van der Waals surface area contributed by atoms with Gasteiger partial charge >= 0.3 is 0 Å². The second-order valence-corrected chi connectivity index (χ2v) is 12.9. The Morgan fingerprint density at radius 3 is 2.29 bits per heavy atom. The van der Waals surface area contributed by atoms with Crippen molar-refractivity contribution < 1.29 is 22.4 Å². The lowest BCUT2D eigenvalue weighted by Crippen LogP contribution is -2.54. The Morgan fingerprint density at radius 2 is 1.66 bits per heavy atom. The number of sulfonamides is 1. The molecular formula is C30H32Cl2FN3O4S. The molecule has 1 N–H and O–H groups in total. The minimum Gasteiger partial charge on any atom is -0.352 e. The van der Waals surface area contributed by atoms with E-state index in [9.17, 15) is 22.4 Å². The van der Waals surface area contributed by atoms with Gasteiger partial charge in [-0.1, -0.05) is 78.5 Å². The van der Waals surface area contributed by atoms with E-state index >= 15 is 0 Å². The molecule has 7 nitrogen and oxygen atoms in total. The van der Waals surface area contributed by atoms with Gasteiger partial charge in [-0.2, -0.15) is 0 Å². The van der Waals surface area contributed by atoms with Crippen LogP contribution < -0.4 is 9.62 Å². The Hall–Kier alpha value is -3.14. The molecule has 4 rings (SSSR count). The van der Waals surface area contributed by atoms with Crippen molar-refractivity contribution in [3.63, 3.8) is 0 Å². The van der Waals surface area contributed by atoms with Gasteiger partial charge in [0, 0.05) is 19.0 Å². The molecule has 1 aliphatic rings. The molecule has 0 radical (unpaired) electrons. The number of benzene rings is 3. The minimum absolute atomic E-state index is 0.00233. The van der Waals surface area contributed by atoms with Gasteiger partial charge in [-0.15, -0.1) is 0 Å². The zero-order valence-corrected chi connectivity index (χ0v) is 24.9. The Balaban J connectivity index is 1.74. The van der Waals surface area contributed by atoms with Crippen LogP contribution in [0.4, 0.5) is 10.1 Å². The van der Waals surface area contributed by atoms with Gasteiger partial charge < -0.3 is 10.2 Å². The van der Waals surface area contributed by atoms with E-state index in [4.69, 9.17) is 23.2 Å². The molecule has 1 unspecified atom stereocenters. The summed E-state index contributed by atoms with van der Waals surface area (Å²) in [4.78, 5) is 29.3. The van der Waals surface area contributed by atoms with E-state index in [2.05, 4.69) is 5.32 Å². The van der Waals surface area contributed by atoms with E-state index in [0.717, 1.165) is 47.9 Å². The van der Waals surface area contributed by atoms with Crippen molar-refractivity contribution in [2.45, 2.75) is 50.7 Å². The Kier molecular flexibility index (Phi) is 10.3. The number of hydrogen-bond donors (Lipinski definition) is 1. The summed E-state index contributed by atoms with van der Waals surface area (Å²) < 4.78 is 40.5. The maximum Gasteiger partial charge on any atom is 0.244 e. The van der Waals surface area contributed by atoms with E-state index in [1.807, 2.05) is 30.3 Å². The summed E-state index contributed by atoms with van der Waals surface area (Å²) >= 11 is 12.4. The largest absolute Gasteiger partial charge is 0.352 e. The molecule has 3 aromatic rings. The van der Waals surface area contributed by atoms with Crippen LogP contribution in [0.15, 0.2) is 72.8 Å². The third kappa shape index (κ3) is 8.44. The lowest BCUT2D eigenvalue weighted by molar-refractivity contribution is -0.140. The Morgan fingerprint density at radius 1 is 0.951 bits per heavy atom. The van der Waals surface area contributed by atoms with E-state index in [1.54, 1.807) is 18.2 Å². The molecule has 0 heterocycles. The van der Waals surface area contributed by atoms with Crippen molar-refractivity contribution in [1.29, 1.82) is 0 Å². The summed E-state index contributed by atoms with van der Waals surface area (Å²) in [7, 11) is -3.99. The predicted molar refractivity (Wildman–Crippen MR) is 160 cm³/mol. The summed E-state index contributed by atoms with van der Waals surface area (Å²) in [6.07, 6.45) is 4.88. The van der Waals surface area contributed by atoms with Crippen molar-refractivity contribution in [2.24, 2.45) is 0 Å². The lowest BCUT2D eigenvalue weighted by atomic mass is 10.0. The van der Waals surface area contributed by atoms with E-state index in [-0.39, 0.29) is 35.6 Å². The van der Waals surface area contributed by atoms with Gasteiger partial charge in [0.15, 0.2) is 0 Å². The first kappa shape index (κ1) is 30.8.